The van der Waals surface area contributed by atoms with Gasteiger partial charge >= 0.3 is 0 Å². The van der Waals surface area contributed by atoms with Crippen molar-refractivity contribution in [1.29, 1.82) is 0 Å². The van der Waals surface area contributed by atoms with Crippen LogP contribution < -0.4 is 0 Å². The van der Waals surface area contributed by atoms with Gasteiger partial charge in [-0.15, -0.1) is 16.4 Å². The van der Waals surface area contributed by atoms with Crippen LogP contribution in [0.15, 0.2) is 28.2 Å². The zero-order valence-corrected chi connectivity index (χ0v) is 12.4. The molecule has 0 spiro atoms. The van der Waals surface area contributed by atoms with E-state index in [9.17, 15) is 0 Å². The average molecular weight is 340 g/mol. The standard InChI is InChI=1S/C11H10BrN5OS/c1-7(12)8-5-17(16-14-8)6-10-13-11(15-18-10)9-3-2-4-19-9/h2-5,7H,6H2,1H3. The molecule has 98 valence electrons. The highest BCUT2D eigenvalue weighted by Gasteiger charge is 2.12. The van der Waals surface area contributed by atoms with E-state index in [2.05, 4.69) is 36.4 Å². The van der Waals surface area contributed by atoms with Gasteiger partial charge in [0, 0.05) is 0 Å². The SMILES string of the molecule is CC(Br)c1cn(Cc2nc(-c3cccs3)no2)nn1. The normalized spacial score (nSPS) is 12.7. The highest BCUT2D eigenvalue weighted by molar-refractivity contribution is 9.09. The van der Waals surface area contributed by atoms with Gasteiger partial charge in [0.25, 0.3) is 0 Å². The van der Waals surface area contributed by atoms with E-state index in [1.54, 1.807) is 16.0 Å². The molecule has 6 nitrogen and oxygen atoms in total. The van der Waals surface area contributed by atoms with Gasteiger partial charge in [0.05, 0.1) is 21.6 Å². The Morgan fingerprint density at radius 1 is 1.53 bits per heavy atom. The molecule has 0 aliphatic heterocycles. The summed E-state index contributed by atoms with van der Waals surface area (Å²) in [7, 11) is 0. The highest BCUT2D eigenvalue weighted by atomic mass is 79.9. The second-order valence-electron chi connectivity index (χ2n) is 3.95. The largest absolute Gasteiger partial charge is 0.337 e. The van der Waals surface area contributed by atoms with Gasteiger partial charge in [-0.2, -0.15) is 4.98 Å². The van der Waals surface area contributed by atoms with Crippen LogP contribution in [-0.2, 0) is 6.54 Å². The fraction of sp³-hybridized carbons (Fsp3) is 0.273. The third kappa shape index (κ3) is 2.74. The minimum Gasteiger partial charge on any atom is -0.337 e. The van der Waals surface area contributed by atoms with E-state index >= 15 is 0 Å². The fourth-order valence-electron chi connectivity index (χ4n) is 1.54. The Hall–Kier alpha value is -1.54. The Morgan fingerprint density at radius 2 is 2.42 bits per heavy atom. The maximum atomic E-state index is 5.21. The first-order valence-corrected chi connectivity index (χ1v) is 7.42. The van der Waals surface area contributed by atoms with Crippen LogP contribution >= 0.6 is 27.3 Å². The number of alkyl halides is 1. The molecule has 0 aliphatic rings. The summed E-state index contributed by atoms with van der Waals surface area (Å²) < 4.78 is 6.89. The van der Waals surface area contributed by atoms with Crippen LogP contribution in [0.3, 0.4) is 0 Å². The summed E-state index contributed by atoms with van der Waals surface area (Å²) in [6.45, 7) is 2.42. The average Bonchev–Trinajstić information content (AvgIpc) is 3.09. The molecule has 0 saturated heterocycles. The number of hydrogen-bond acceptors (Lipinski definition) is 6. The Labute approximate surface area is 121 Å². The lowest BCUT2D eigenvalue weighted by Crippen LogP contribution is -2.00. The van der Waals surface area contributed by atoms with Gasteiger partial charge in [-0.1, -0.05) is 32.4 Å². The summed E-state index contributed by atoms with van der Waals surface area (Å²) in [4.78, 5) is 5.50. The van der Waals surface area contributed by atoms with Gasteiger partial charge < -0.3 is 4.52 Å². The third-order valence-corrected chi connectivity index (χ3v) is 3.81. The maximum absolute atomic E-state index is 5.21. The zero-order valence-electron chi connectivity index (χ0n) is 10.0. The maximum Gasteiger partial charge on any atom is 0.248 e. The van der Waals surface area contributed by atoms with Crippen molar-refractivity contribution in [2.45, 2.75) is 18.3 Å². The van der Waals surface area contributed by atoms with Crippen molar-refractivity contribution >= 4 is 27.3 Å². The highest BCUT2D eigenvalue weighted by Crippen LogP contribution is 2.22. The van der Waals surface area contributed by atoms with Crippen LogP contribution in [0.4, 0.5) is 0 Å². The summed E-state index contributed by atoms with van der Waals surface area (Å²) in [5.74, 6) is 1.13. The van der Waals surface area contributed by atoms with Gasteiger partial charge in [-0.3, -0.25) is 0 Å². The summed E-state index contributed by atoms with van der Waals surface area (Å²) >= 11 is 5.02. The molecule has 19 heavy (non-hydrogen) atoms. The first kappa shape index (κ1) is 12.5. The Bertz CT molecular complexity index is 660. The summed E-state index contributed by atoms with van der Waals surface area (Å²) in [5, 5.41) is 14.0. The molecule has 1 atom stereocenters. The van der Waals surface area contributed by atoms with Crippen molar-refractivity contribution in [3.63, 3.8) is 0 Å². The first-order chi connectivity index (χ1) is 9.22. The molecule has 3 heterocycles. The van der Waals surface area contributed by atoms with Crippen molar-refractivity contribution in [2.24, 2.45) is 0 Å². The van der Waals surface area contributed by atoms with Gasteiger partial charge in [0.1, 0.15) is 6.54 Å². The molecule has 0 aromatic carbocycles. The monoisotopic (exact) mass is 339 g/mol. The molecule has 0 fully saturated rings. The molecule has 0 bridgehead atoms. The second-order valence-corrected chi connectivity index (χ2v) is 6.27. The van der Waals surface area contributed by atoms with E-state index in [4.69, 9.17) is 4.52 Å². The van der Waals surface area contributed by atoms with Crippen LogP contribution in [0.2, 0.25) is 0 Å². The minimum absolute atomic E-state index is 0.172. The van der Waals surface area contributed by atoms with Crippen molar-refractivity contribution in [1.82, 2.24) is 25.1 Å². The van der Waals surface area contributed by atoms with Crippen molar-refractivity contribution < 1.29 is 4.52 Å². The number of thiophene rings is 1. The zero-order chi connectivity index (χ0) is 13.2. The predicted octanol–water partition coefficient (Wildman–Crippen LogP) is 2.89. The van der Waals surface area contributed by atoms with Crippen molar-refractivity contribution in [3.8, 4) is 10.7 Å². The van der Waals surface area contributed by atoms with Crippen LogP contribution in [0.25, 0.3) is 10.7 Å². The quantitative estimate of drug-likeness (QED) is 0.683. The van der Waals surface area contributed by atoms with Crippen molar-refractivity contribution in [3.05, 3.63) is 35.3 Å². The van der Waals surface area contributed by atoms with E-state index in [1.807, 2.05) is 30.6 Å². The number of hydrogen-bond donors (Lipinski definition) is 0. The van der Waals surface area contributed by atoms with E-state index in [-0.39, 0.29) is 4.83 Å². The second kappa shape index (κ2) is 5.22. The van der Waals surface area contributed by atoms with Crippen LogP contribution in [-0.4, -0.2) is 25.1 Å². The van der Waals surface area contributed by atoms with Gasteiger partial charge in [-0.05, 0) is 18.4 Å². The Balaban J connectivity index is 1.76. The van der Waals surface area contributed by atoms with E-state index in [0.29, 0.717) is 18.3 Å². The summed E-state index contributed by atoms with van der Waals surface area (Å²) in [6.07, 6.45) is 1.86. The van der Waals surface area contributed by atoms with Gasteiger partial charge in [0.15, 0.2) is 0 Å². The number of halogens is 1. The topological polar surface area (TPSA) is 69.6 Å². The number of rotatable bonds is 4. The predicted molar refractivity (Wildman–Crippen MR) is 74.1 cm³/mol. The molecule has 0 N–H and O–H groups in total. The molecule has 0 amide bonds. The van der Waals surface area contributed by atoms with E-state index in [1.165, 1.54) is 0 Å². The molecule has 3 aromatic heterocycles. The molecule has 0 aliphatic carbocycles. The van der Waals surface area contributed by atoms with Gasteiger partial charge in [0.2, 0.25) is 11.7 Å². The Kier molecular flexibility index (Phi) is 3.43. The van der Waals surface area contributed by atoms with Crippen LogP contribution in [0.1, 0.15) is 23.3 Å². The summed E-state index contributed by atoms with van der Waals surface area (Å²) in [5.41, 5.74) is 0.873. The molecule has 3 aromatic rings. The van der Waals surface area contributed by atoms with Crippen LogP contribution in [0.5, 0.6) is 0 Å². The molecule has 1 unspecified atom stereocenters. The smallest absolute Gasteiger partial charge is 0.248 e. The summed E-state index contributed by atoms with van der Waals surface area (Å²) in [6, 6.07) is 3.91. The first-order valence-electron chi connectivity index (χ1n) is 5.63. The number of nitrogens with zero attached hydrogens (tertiary/aromatic N) is 5. The third-order valence-electron chi connectivity index (χ3n) is 2.47. The minimum atomic E-state index is 0.172. The Morgan fingerprint density at radius 3 is 3.11 bits per heavy atom. The van der Waals surface area contributed by atoms with Crippen LogP contribution in [0, 0.1) is 0 Å². The molecule has 8 heteroatoms. The molecule has 0 saturated carbocycles. The number of aromatic nitrogens is 5. The molecular formula is C11H10BrN5OS. The fourth-order valence-corrected chi connectivity index (χ4v) is 2.40. The molecular weight excluding hydrogens is 330 g/mol. The van der Waals surface area contributed by atoms with E-state index in [0.717, 1.165) is 10.6 Å². The van der Waals surface area contributed by atoms with E-state index < -0.39 is 0 Å². The van der Waals surface area contributed by atoms with Crippen molar-refractivity contribution in [2.75, 3.05) is 0 Å². The molecule has 3 rings (SSSR count). The molecule has 0 radical (unpaired) electrons. The lowest BCUT2D eigenvalue weighted by Gasteiger charge is -1.94. The lowest BCUT2D eigenvalue weighted by molar-refractivity contribution is 0.364. The van der Waals surface area contributed by atoms with Gasteiger partial charge in [-0.25, -0.2) is 4.68 Å². The lowest BCUT2D eigenvalue weighted by atomic mass is 10.4.